The smallest absolute Gasteiger partial charge is 0.190 e. The summed E-state index contributed by atoms with van der Waals surface area (Å²) >= 11 is 1.88. The van der Waals surface area contributed by atoms with Gasteiger partial charge in [-0.1, -0.05) is 0 Å². The largest absolute Gasteiger partial charge is 0.356 e. The lowest BCUT2D eigenvalue weighted by molar-refractivity contribution is 0.627. The molecule has 5 nitrogen and oxygen atoms in total. The third kappa shape index (κ3) is 6.78. The maximum atomic E-state index is 13.0. The zero-order valence-corrected chi connectivity index (χ0v) is 15.7. The van der Waals surface area contributed by atoms with E-state index in [9.17, 15) is 4.39 Å². The van der Waals surface area contributed by atoms with Crippen molar-refractivity contribution in [3.8, 4) is 5.69 Å². The number of aromatic nitrogens is 2. The molecule has 0 aliphatic rings. The Balaban J connectivity index is 1.73. The van der Waals surface area contributed by atoms with Crippen LogP contribution in [0.4, 0.5) is 4.39 Å². The van der Waals surface area contributed by atoms with Crippen molar-refractivity contribution in [2.24, 2.45) is 4.99 Å². The zero-order chi connectivity index (χ0) is 17.9. The van der Waals surface area contributed by atoms with Gasteiger partial charge < -0.3 is 10.6 Å². The second kappa shape index (κ2) is 10.8. The van der Waals surface area contributed by atoms with E-state index in [1.807, 2.05) is 24.0 Å². The number of rotatable bonds is 9. The van der Waals surface area contributed by atoms with E-state index in [1.165, 1.54) is 24.3 Å². The molecule has 1 aromatic heterocycles. The molecule has 0 fully saturated rings. The Hall–Kier alpha value is -2.02. The number of unbranched alkanes of at least 4 members (excludes halogenated alkanes) is 1. The third-order valence-corrected chi connectivity index (χ3v) is 4.40. The van der Waals surface area contributed by atoms with Crippen molar-refractivity contribution in [3.05, 3.63) is 48.0 Å². The van der Waals surface area contributed by atoms with Crippen LogP contribution in [0, 0.1) is 5.82 Å². The Morgan fingerprint density at radius 1 is 1.16 bits per heavy atom. The fourth-order valence-corrected chi connectivity index (χ4v) is 2.83. The molecule has 2 N–H and O–H groups in total. The van der Waals surface area contributed by atoms with E-state index in [0.717, 1.165) is 43.3 Å². The van der Waals surface area contributed by atoms with E-state index in [2.05, 4.69) is 27.0 Å². The molecule has 0 amide bonds. The SMILES string of the molecule is CN=C(NCCCCSC)NCCc1ccn(-c2ccc(F)cc2)n1. The summed E-state index contributed by atoms with van der Waals surface area (Å²) in [6.07, 6.45) is 7.17. The summed E-state index contributed by atoms with van der Waals surface area (Å²) < 4.78 is 14.7. The lowest BCUT2D eigenvalue weighted by atomic mass is 10.3. The Morgan fingerprint density at radius 3 is 2.64 bits per heavy atom. The topological polar surface area (TPSA) is 54.2 Å². The molecule has 0 atom stereocenters. The van der Waals surface area contributed by atoms with Gasteiger partial charge in [0.25, 0.3) is 0 Å². The van der Waals surface area contributed by atoms with E-state index in [1.54, 1.807) is 23.9 Å². The van der Waals surface area contributed by atoms with Crippen LogP contribution >= 0.6 is 11.8 Å². The van der Waals surface area contributed by atoms with Crippen LogP contribution in [-0.2, 0) is 6.42 Å². The van der Waals surface area contributed by atoms with E-state index in [-0.39, 0.29) is 5.82 Å². The quantitative estimate of drug-likeness (QED) is 0.409. The molecule has 2 aromatic rings. The molecule has 0 radical (unpaired) electrons. The van der Waals surface area contributed by atoms with Gasteiger partial charge in [0.05, 0.1) is 11.4 Å². The van der Waals surface area contributed by atoms with Gasteiger partial charge in [0.15, 0.2) is 5.96 Å². The van der Waals surface area contributed by atoms with Gasteiger partial charge in [0.2, 0.25) is 0 Å². The third-order valence-electron chi connectivity index (χ3n) is 3.70. The van der Waals surface area contributed by atoms with Crippen LogP contribution in [0.5, 0.6) is 0 Å². The van der Waals surface area contributed by atoms with Gasteiger partial charge in [-0.3, -0.25) is 4.99 Å². The highest BCUT2D eigenvalue weighted by Crippen LogP contribution is 2.09. The monoisotopic (exact) mass is 363 g/mol. The molecule has 0 bridgehead atoms. The van der Waals surface area contributed by atoms with E-state index < -0.39 is 0 Å². The summed E-state index contributed by atoms with van der Waals surface area (Å²) in [6, 6.07) is 8.28. The van der Waals surface area contributed by atoms with Crippen molar-refractivity contribution >= 4 is 17.7 Å². The molecule has 0 spiro atoms. The molecule has 0 saturated heterocycles. The number of benzene rings is 1. The number of hydrogen-bond donors (Lipinski definition) is 2. The molecular formula is C18H26FN5S. The standard InChI is InChI=1S/C18H26FN5S/c1-20-18(21-11-3-4-14-25-2)22-12-9-16-10-13-24(23-16)17-7-5-15(19)6-8-17/h5-8,10,13H,3-4,9,11-12,14H2,1-2H3,(H2,20,21,22). The maximum Gasteiger partial charge on any atom is 0.190 e. The summed E-state index contributed by atoms with van der Waals surface area (Å²) in [6.45, 7) is 1.68. The van der Waals surface area contributed by atoms with Gasteiger partial charge in [-0.05, 0) is 55.2 Å². The highest BCUT2D eigenvalue weighted by Gasteiger charge is 2.03. The molecule has 136 valence electrons. The lowest BCUT2D eigenvalue weighted by Crippen LogP contribution is -2.38. The first-order chi connectivity index (χ1) is 12.2. The first-order valence-corrected chi connectivity index (χ1v) is 9.86. The van der Waals surface area contributed by atoms with Crippen LogP contribution in [0.2, 0.25) is 0 Å². The minimum atomic E-state index is -0.243. The number of thioether (sulfide) groups is 1. The summed E-state index contributed by atoms with van der Waals surface area (Å²) in [7, 11) is 1.78. The van der Waals surface area contributed by atoms with Crippen LogP contribution in [0.15, 0.2) is 41.5 Å². The Bertz CT molecular complexity index is 654. The number of nitrogens with one attached hydrogen (secondary N) is 2. The summed E-state index contributed by atoms with van der Waals surface area (Å²) in [5, 5.41) is 11.1. The molecule has 0 saturated carbocycles. The Morgan fingerprint density at radius 2 is 1.92 bits per heavy atom. The fourth-order valence-electron chi connectivity index (χ4n) is 2.34. The number of hydrogen-bond acceptors (Lipinski definition) is 3. The second-order valence-electron chi connectivity index (χ2n) is 5.60. The predicted octanol–water partition coefficient (Wildman–Crippen LogP) is 2.86. The molecule has 0 unspecified atom stereocenters. The van der Waals surface area contributed by atoms with Crippen LogP contribution in [-0.4, -0.2) is 47.9 Å². The molecular weight excluding hydrogens is 337 g/mol. The number of nitrogens with zero attached hydrogens (tertiary/aromatic N) is 3. The molecule has 25 heavy (non-hydrogen) atoms. The minimum absolute atomic E-state index is 0.243. The first kappa shape index (κ1) is 19.3. The summed E-state index contributed by atoms with van der Waals surface area (Å²) in [4.78, 5) is 4.23. The predicted molar refractivity (Wildman–Crippen MR) is 104 cm³/mol. The molecule has 2 rings (SSSR count). The minimum Gasteiger partial charge on any atom is -0.356 e. The van der Waals surface area contributed by atoms with E-state index in [0.29, 0.717) is 0 Å². The maximum absolute atomic E-state index is 13.0. The van der Waals surface area contributed by atoms with Crippen LogP contribution in [0.25, 0.3) is 5.69 Å². The van der Waals surface area contributed by atoms with Crippen molar-refractivity contribution in [2.75, 3.05) is 32.1 Å². The second-order valence-corrected chi connectivity index (χ2v) is 6.59. The molecule has 1 heterocycles. The van der Waals surface area contributed by atoms with Crippen molar-refractivity contribution in [3.63, 3.8) is 0 Å². The Labute approximate surface area is 153 Å². The molecule has 0 aliphatic heterocycles. The number of guanidine groups is 1. The van der Waals surface area contributed by atoms with E-state index in [4.69, 9.17) is 0 Å². The van der Waals surface area contributed by atoms with Crippen molar-refractivity contribution in [1.29, 1.82) is 0 Å². The van der Waals surface area contributed by atoms with Gasteiger partial charge >= 0.3 is 0 Å². The van der Waals surface area contributed by atoms with Crippen LogP contribution in [0.1, 0.15) is 18.5 Å². The molecule has 7 heteroatoms. The van der Waals surface area contributed by atoms with Gasteiger partial charge in [-0.2, -0.15) is 16.9 Å². The molecule has 0 aliphatic carbocycles. The first-order valence-electron chi connectivity index (χ1n) is 8.47. The summed E-state index contributed by atoms with van der Waals surface area (Å²) in [5.74, 6) is 1.78. The molecule has 1 aromatic carbocycles. The van der Waals surface area contributed by atoms with Crippen LogP contribution < -0.4 is 10.6 Å². The highest BCUT2D eigenvalue weighted by atomic mass is 32.2. The van der Waals surface area contributed by atoms with E-state index >= 15 is 0 Å². The average Bonchev–Trinajstić information content (AvgIpc) is 3.09. The lowest BCUT2D eigenvalue weighted by Gasteiger charge is -2.11. The van der Waals surface area contributed by atoms with Crippen LogP contribution in [0.3, 0.4) is 0 Å². The van der Waals surface area contributed by atoms with Gasteiger partial charge in [-0.15, -0.1) is 0 Å². The highest BCUT2D eigenvalue weighted by molar-refractivity contribution is 7.98. The average molecular weight is 364 g/mol. The summed E-state index contributed by atoms with van der Waals surface area (Å²) in [5.41, 5.74) is 1.83. The van der Waals surface area contributed by atoms with Crippen molar-refractivity contribution < 1.29 is 4.39 Å². The van der Waals surface area contributed by atoms with Gasteiger partial charge in [0.1, 0.15) is 5.82 Å². The Kier molecular flexibility index (Phi) is 8.31. The van der Waals surface area contributed by atoms with Crippen molar-refractivity contribution in [1.82, 2.24) is 20.4 Å². The van der Waals surface area contributed by atoms with Crippen molar-refractivity contribution in [2.45, 2.75) is 19.3 Å². The zero-order valence-electron chi connectivity index (χ0n) is 14.8. The normalized spacial score (nSPS) is 11.6. The van der Waals surface area contributed by atoms with Gasteiger partial charge in [-0.25, -0.2) is 9.07 Å². The van der Waals surface area contributed by atoms with Gasteiger partial charge in [0, 0.05) is 32.8 Å². The number of halogens is 1. The fraction of sp³-hybridized carbons (Fsp3) is 0.444. The number of aliphatic imine (C=N–C) groups is 1.